The van der Waals surface area contributed by atoms with Crippen LogP contribution in [0.3, 0.4) is 0 Å². The molecule has 0 amide bonds. The summed E-state index contributed by atoms with van der Waals surface area (Å²) in [6.45, 7) is 5.75. The van der Waals surface area contributed by atoms with E-state index in [1.165, 1.54) is 83.5 Å². The number of hydrogen-bond donors (Lipinski definition) is 3. The molecule has 0 aromatic carbocycles. The van der Waals surface area contributed by atoms with Crippen molar-refractivity contribution in [3.63, 3.8) is 0 Å². The predicted octanol–water partition coefficient (Wildman–Crippen LogP) is 13.2. The third-order valence-electron chi connectivity index (χ3n) is 12.1. The van der Waals surface area contributed by atoms with Gasteiger partial charge in [0.25, 0.3) is 0 Å². The second-order valence-corrected chi connectivity index (χ2v) is 18.5. The molecule has 0 saturated carbocycles. The average Bonchev–Trinajstić information content (AvgIpc) is 3.33. The van der Waals surface area contributed by atoms with Crippen LogP contribution in [0, 0.1) is 0 Å². The maximum absolute atomic E-state index is 13.0. The average molecular weight is 973 g/mol. The van der Waals surface area contributed by atoms with E-state index in [1.54, 1.807) is 0 Å². The minimum Gasteiger partial charge on any atom is -0.479 e. The van der Waals surface area contributed by atoms with Crippen molar-refractivity contribution in [1.29, 1.82) is 0 Å². The van der Waals surface area contributed by atoms with E-state index < -0.39 is 67.3 Å². The van der Waals surface area contributed by atoms with Crippen molar-refractivity contribution in [2.75, 3.05) is 13.2 Å². The molecule has 0 bridgehead atoms. The van der Waals surface area contributed by atoms with Crippen LogP contribution < -0.4 is 0 Å². The number of rotatable bonds is 45. The second-order valence-electron chi connectivity index (χ2n) is 18.5. The molecule has 0 aliphatic carbocycles. The number of unbranched alkanes of at least 4 members (excludes halogenated alkanes) is 21. The van der Waals surface area contributed by atoms with Gasteiger partial charge in [0.1, 0.15) is 18.8 Å². The lowest BCUT2D eigenvalue weighted by Crippen LogP contribution is -2.61. The van der Waals surface area contributed by atoms with E-state index in [-0.39, 0.29) is 25.9 Å². The van der Waals surface area contributed by atoms with Gasteiger partial charge >= 0.3 is 23.9 Å². The van der Waals surface area contributed by atoms with Gasteiger partial charge in [-0.2, -0.15) is 0 Å². The van der Waals surface area contributed by atoms with Gasteiger partial charge in [-0.1, -0.05) is 204 Å². The number of aliphatic hydroxyl groups excluding tert-OH is 2. The van der Waals surface area contributed by atoms with Crippen LogP contribution in [0.5, 0.6) is 0 Å². The van der Waals surface area contributed by atoms with Gasteiger partial charge in [-0.3, -0.25) is 14.4 Å². The molecule has 1 aliphatic rings. The highest BCUT2D eigenvalue weighted by Gasteiger charge is 2.50. The van der Waals surface area contributed by atoms with E-state index in [1.807, 2.05) is 12.2 Å². The summed E-state index contributed by atoms with van der Waals surface area (Å²) in [6, 6.07) is 0. The summed E-state index contributed by atoms with van der Waals surface area (Å²) in [6.07, 6.45) is 42.3. The van der Waals surface area contributed by atoms with E-state index in [4.69, 9.17) is 23.7 Å². The van der Waals surface area contributed by atoms with Gasteiger partial charge < -0.3 is 39.0 Å². The molecule has 0 aromatic heterocycles. The molecule has 12 nitrogen and oxygen atoms in total. The second kappa shape index (κ2) is 45.6. The third-order valence-corrected chi connectivity index (χ3v) is 12.1. The number of esters is 3. The normalized spacial score (nSPS) is 19.1. The van der Waals surface area contributed by atoms with Crippen LogP contribution >= 0.6 is 0 Å². The van der Waals surface area contributed by atoms with Gasteiger partial charge in [-0.15, -0.1) is 0 Å². The molecule has 69 heavy (non-hydrogen) atoms. The Labute approximate surface area is 417 Å². The van der Waals surface area contributed by atoms with Crippen molar-refractivity contribution in [2.45, 2.75) is 263 Å². The number of ether oxygens (including phenoxy) is 5. The predicted molar refractivity (Wildman–Crippen MR) is 275 cm³/mol. The fourth-order valence-corrected chi connectivity index (χ4v) is 7.89. The molecular weight excluding hydrogens is 877 g/mol. The number of allylic oxidation sites excluding steroid dienone is 10. The zero-order valence-corrected chi connectivity index (χ0v) is 43.3. The number of carboxylic acid groups (broad SMARTS) is 1. The lowest BCUT2D eigenvalue weighted by atomic mass is 9.98. The van der Waals surface area contributed by atoms with Gasteiger partial charge in [0.05, 0.1) is 6.61 Å². The van der Waals surface area contributed by atoms with Crippen molar-refractivity contribution in [2.24, 2.45) is 0 Å². The van der Waals surface area contributed by atoms with E-state index in [9.17, 15) is 34.5 Å². The molecular formula is C57H96O12. The molecule has 12 heteroatoms. The van der Waals surface area contributed by atoms with E-state index >= 15 is 0 Å². The smallest absolute Gasteiger partial charge is 0.335 e. The fraction of sp³-hybridized carbons (Fsp3) is 0.754. The fourth-order valence-electron chi connectivity index (χ4n) is 7.89. The quantitative estimate of drug-likeness (QED) is 0.0228. The van der Waals surface area contributed by atoms with E-state index in [0.717, 1.165) is 77.0 Å². The highest BCUT2D eigenvalue weighted by molar-refractivity contribution is 5.74. The molecule has 0 radical (unpaired) electrons. The van der Waals surface area contributed by atoms with E-state index in [0.29, 0.717) is 25.7 Å². The Morgan fingerprint density at radius 1 is 0.493 bits per heavy atom. The molecule has 1 rings (SSSR count). The molecule has 6 atom stereocenters. The van der Waals surface area contributed by atoms with Crippen LogP contribution in [0.4, 0.5) is 0 Å². The Morgan fingerprint density at radius 3 is 1.49 bits per heavy atom. The first-order valence-electron chi connectivity index (χ1n) is 27.3. The SMILES string of the molecule is CC/C=C\C/C=C\C/C=C\C/C=C\CCC(=O)OC(COC(=O)CCCCCCCCCCCCCCCCC)COC1OC(C(=O)O)C(O)C(O)C1OC(=O)CCCCCCC/C=C\CCCC. The highest BCUT2D eigenvalue weighted by atomic mass is 16.7. The van der Waals surface area contributed by atoms with Gasteiger partial charge in [-0.25, -0.2) is 4.79 Å². The lowest BCUT2D eigenvalue weighted by Gasteiger charge is -2.40. The van der Waals surface area contributed by atoms with Crippen molar-refractivity contribution in [3.05, 3.63) is 60.8 Å². The Balaban J connectivity index is 2.75. The van der Waals surface area contributed by atoms with Crippen LogP contribution in [-0.4, -0.2) is 89.2 Å². The van der Waals surface area contributed by atoms with Gasteiger partial charge in [-0.05, 0) is 64.2 Å². The first kappa shape index (κ1) is 63.4. The van der Waals surface area contributed by atoms with Crippen molar-refractivity contribution in [1.82, 2.24) is 0 Å². The van der Waals surface area contributed by atoms with Crippen molar-refractivity contribution >= 4 is 23.9 Å². The molecule has 0 aromatic rings. The first-order chi connectivity index (χ1) is 33.6. The summed E-state index contributed by atoms with van der Waals surface area (Å²) < 4.78 is 28.2. The highest BCUT2D eigenvalue weighted by Crippen LogP contribution is 2.26. The molecule has 1 fully saturated rings. The molecule has 1 saturated heterocycles. The van der Waals surface area contributed by atoms with Gasteiger partial charge in [0.2, 0.25) is 0 Å². The van der Waals surface area contributed by atoms with Gasteiger partial charge in [0, 0.05) is 19.3 Å². The maximum Gasteiger partial charge on any atom is 0.335 e. The third kappa shape index (κ3) is 36.1. The Bertz CT molecular complexity index is 1440. The van der Waals surface area contributed by atoms with Crippen LogP contribution in [0.1, 0.15) is 226 Å². The largest absolute Gasteiger partial charge is 0.479 e. The summed E-state index contributed by atoms with van der Waals surface area (Å²) in [5, 5.41) is 31.3. The Kier molecular flexibility index (Phi) is 41.9. The number of carbonyl (C=O) groups is 4. The Morgan fingerprint density at radius 2 is 0.957 bits per heavy atom. The topological polar surface area (TPSA) is 175 Å². The molecule has 6 unspecified atom stereocenters. The number of aliphatic hydroxyl groups is 2. The zero-order chi connectivity index (χ0) is 50.4. The van der Waals surface area contributed by atoms with Crippen molar-refractivity contribution < 1.29 is 58.2 Å². The number of carboxylic acids is 1. The minimum absolute atomic E-state index is 0.0417. The lowest BCUT2D eigenvalue weighted by molar-refractivity contribution is -0.301. The maximum atomic E-state index is 13.0. The summed E-state index contributed by atoms with van der Waals surface area (Å²) in [4.78, 5) is 50.8. The number of hydrogen-bond acceptors (Lipinski definition) is 11. The van der Waals surface area contributed by atoms with Crippen molar-refractivity contribution in [3.8, 4) is 0 Å². The van der Waals surface area contributed by atoms with Crippen LogP contribution in [0.25, 0.3) is 0 Å². The molecule has 1 aliphatic heterocycles. The zero-order valence-electron chi connectivity index (χ0n) is 43.3. The first-order valence-corrected chi connectivity index (χ1v) is 27.3. The van der Waals surface area contributed by atoms with Gasteiger partial charge in [0.15, 0.2) is 24.6 Å². The molecule has 1 heterocycles. The van der Waals surface area contributed by atoms with Crippen LogP contribution in [-0.2, 0) is 42.9 Å². The van der Waals surface area contributed by atoms with E-state index in [2.05, 4.69) is 69.4 Å². The molecule has 0 spiro atoms. The summed E-state index contributed by atoms with van der Waals surface area (Å²) in [7, 11) is 0. The molecule has 396 valence electrons. The molecule has 3 N–H and O–H groups in total. The number of aliphatic carboxylic acids is 1. The summed E-state index contributed by atoms with van der Waals surface area (Å²) >= 11 is 0. The Hall–Kier alpha value is -3.58. The minimum atomic E-state index is -1.91. The summed E-state index contributed by atoms with van der Waals surface area (Å²) in [5.41, 5.74) is 0. The monoisotopic (exact) mass is 973 g/mol. The van der Waals surface area contributed by atoms with Crippen LogP contribution in [0.2, 0.25) is 0 Å². The number of carbonyl (C=O) groups excluding carboxylic acids is 3. The summed E-state index contributed by atoms with van der Waals surface area (Å²) in [5.74, 6) is -3.24. The van der Waals surface area contributed by atoms with Crippen LogP contribution in [0.15, 0.2) is 60.8 Å². The standard InChI is InChI=1S/C57H96O12/c1-4-7-10-13-16-19-22-24-25-27-29-31-34-37-40-43-49(58)65-46-48(67-50(59)44-41-38-35-33-30-26-23-20-17-14-11-8-5-2)47-66-57-55(53(62)52(61)54(69-57)56(63)64)68-51(60)45-42-39-36-32-28-21-18-15-12-9-6-3/h8,11,15,17-18,20,26,30,35,38,48,52-55,57,61-62H,4-7,9-10,12-14,16,19,21-25,27-29,31-34,36-37,39-47H2,1-3H3,(H,63,64)/b11-8-,18-15-,20-17-,30-26-,38-35-.